The highest BCUT2D eigenvalue weighted by Crippen LogP contribution is 2.38. The molecule has 0 saturated carbocycles. The molecule has 1 aromatic carbocycles. The van der Waals surface area contributed by atoms with Crippen molar-refractivity contribution < 1.29 is 24.0 Å². The number of Topliss-reactive ketones (excluding diaryl/α,β-unsaturated/α-hetero) is 1. The summed E-state index contributed by atoms with van der Waals surface area (Å²) in [4.78, 5) is 16.4. The second kappa shape index (κ2) is 6.97. The summed E-state index contributed by atoms with van der Waals surface area (Å²) >= 11 is 0. The maximum absolute atomic E-state index is 12.6. The van der Waals surface area contributed by atoms with Crippen molar-refractivity contribution >= 4 is 11.9 Å². The summed E-state index contributed by atoms with van der Waals surface area (Å²) in [6.07, 6.45) is 3.11. The molecule has 2 aliphatic heterocycles. The molecule has 136 valence electrons. The van der Waals surface area contributed by atoms with E-state index in [1.165, 1.54) is 11.0 Å². The van der Waals surface area contributed by atoms with Gasteiger partial charge in [-0.05, 0) is 24.7 Å². The second-order valence-corrected chi connectivity index (χ2v) is 6.74. The van der Waals surface area contributed by atoms with Crippen LogP contribution in [0.4, 0.5) is 0 Å². The molecule has 1 N–H and O–H groups in total. The van der Waals surface area contributed by atoms with Crippen LogP contribution in [0.5, 0.6) is 11.5 Å². The predicted molar refractivity (Wildman–Crippen MR) is 94.0 cm³/mol. The molecule has 1 aromatic heterocycles. The first-order chi connectivity index (χ1) is 12.7. The average molecular weight is 354 g/mol. The van der Waals surface area contributed by atoms with Crippen LogP contribution in [0.1, 0.15) is 28.6 Å². The van der Waals surface area contributed by atoms with E-state index in [2.05, 4.69) is 11.8 Å². The number of quaternary nitrogens is 1. The standard InChI is InChI=1S/C20H22N2O4/c1-2-21-7-9-22(10-8-21)13-16-17(23)6-5-15-19(24)18(26-20(15)16)12-14-4-3-11-25-14/h3-6,11-12,23H,2,7-10,13H2,1H3. The lowest BCUT2D eigenvalue weighted by molar-refractivity contribution is -0.918. The van der Waals surface area contributed by atoms with Gasteiger partial charge in [-0.2, -0.15) is 0 Å². The van der Waals surface area contributed by atoms with Gasteiger partial charge in [-0.15, -0.1) is 0 Å². The van der Waals surface area contributed by atoms with Crippen LogP contribution in [0.2, 0.25) is 0 Å². The Kier molecular flexibility index (Phi) is 4.53. The number of rotatable bonds is 4. The number of hydrogen-bond donors (Lipinski definition) is 1. The van der Waals surface area contributed by atoms with Gasteiger partial charge in [0.2, 0.25) is 5.78 Å². The Labute approximate surface area is 152 Å². The van der Waals surface area contributed by atoms with Crippen LogP contribution in [-0.2, 0) is 6.54 Å². The zero-order valence-electron chi connectivity index (χ0n) is 14.8. The van der Waals surface area contributed by atoms with Gasteiger partial charge in [0, 0.05) is 24.7 Å². The normalized spacial score (nSPS) is 19.7. The summed E-state index contributed by atoms with van der Waals surface area (Å²) in [5, 5.41) is 12.5. The highest BCUT2D eigenvalue weighted by molar-refractivity contribution is 6.14. The Balaban J connectivity index is 1.58. The molecule has 3 heterocycles. The van der Waals surface area contributed by atoms with E-state index in [4.69, 9.17) is 9.15 Å². The molecule has 6 nitrogen and oxygen atoms in total. The quantitative estimate of drug-likeness (QED) is 0.818. The van der Waals surface area contributed by atoms with Crippen LogP contribution in [-0.4, -0.2) is 43.4 Å². The minimum atomic E-state index is -0.205. The topological polar surface area (TPSA) is 70.2 Å². The minimum absolute atomic E-state index is 0.0683. The monoisotopic (exact) mass is 354 g/mol. The van der Waals surface area contributed by atoms with Crippen molar-refractivity contribution in [2.24, 2.45) is 0 Å². The fraction of sp³-hybridized carbons (Fsp3) is 0.350. The number of ketones is 1. The molecular formula is C20H22N2O4. The van der Waals surface area contributed by atoms with E-state index in [1.807, 2.05) is 0 Å². The number of piperazine rings is 1. The predicted octanol–water partition coefficient (Wildman–Crippen LogP) is 0.690. The SMILES string of the molecule is CCN1CC[NH+](Cc2c([O-])ccc3c2OC(=Cc2ccco2)C3=O)CC1. The van der Waals surface area contributed by atoms with Gasteiger partial charge < -0.3 is 19.2 Å². The van der Waals surface area contributed by atoms with Gasteiger partial charge in [0.15, 0.2) is 5.76 Å². The van der Waals surface area contributed by atoms with Crippen molar-refractivity contribution in [1.82, 2.24) is 4.90 Å². The van der Waals surface area contributed by atoms with E-state index >= 15 is 0 Å². The van der Waals surface area contributed by atoms with Crippen molar-refractivity contribution in [3.63, 3.8) is 0 Å². The maximum atomic E-state index is 12.6. The Morgan fingerprint density at radius 3 is 2.77 bits per heavy atom. The van der Waals surface area contributed by atoms with E-state index in [0.29, 0.717) is 29.2 Å². The first-order valence-electron chi connectivity index (χ1n) is 9.02. The third-order valence-electron chi connectivity index (χ3n) is 5.15. The smallest absolute Gasteiger partial charge is 0.232 e. The van der Waals surface area contributed by atoms with E-state index < -0.39 is 0 Å². The molecule has 2 aliphatic rings. The summed E-state index contributed by atoms with van der Waals surface area (Å²) < 4.78 is 11.1. The first kappa shape index (κ1) is 16.9. The van der Waals surface area contributed by atoms with Crippen LogP contribution in [0.25, 0.3) is 6.08 Å². The van der Waals surface area contributed by atoms with Gasteiger partial charge in [0.1, 0.15) is 18.1 Å². The molecule has 1 fully saturated rings. The molecule has 1 saturated heterocycles. The van der Waals surface area contributed by atoms with Crippen molar-refractivity contribution in [3.8, 4) is 11.5 Å². The molecule has 0 amide bonds. The number of nitrogens with zero attached hydrogens (tertiary/aromatic N) is 1. The Morgan fingerprint density at radius 1 is 1.27 bits per heavy atom. The van der Waals surface area contributed by atoms with Crippen LogP contribution >= 0.6 is 0 Å². The van der Waals surface area contributed by atoms with E-state index in [0.717, 1.165) is 32.7 Å². The lowest BCUT2D eigenvalue weighted by Crippen LogP contribution is -3.13. The van der Waals surface area contributed by atoms with Gasteiger partial charge >= 0.3 is 0 Å². The zero-order chi connectivity index (χ0) is 18.1. The summed E-state index contributed by atoms with van der Waals surface area (Å²) in [7, 11) is 0. The lowest BCUT2D eigenvalue weighted by Gasteiger charge is -2.32. The molecule has 0 bridgehead atoms. The van der Waals surface area contributed by atoms with Gasteiger partial charge in [-0.1, -0.05) is 18.7 Å². The Bertz CT molecular complexity index is 834. The number of allylic oxidation sites excluding steroid dienone is 1. The number of nitrogens with one attached hydrogen (secondary N) is 1. The maximum Gasteiger partial charge on any atom is 0.232 e. The Hall–Kier alpha value is -2.57. The van der Waals surface area contributed by atoms with E-state index in [1.54, 1.807) is 30.5 Å². The molecule has 2 aromatic rings. The van der Waals surface area contributed by atoms with Gasteiger partial charge in [0.25, 0.3) is 0 Å². The fourth-order valence-corrected chi connectivity index (χ4v) is 3.57. The molecule has 0 atom stereocenters. The van der Waals surface area contributed by atoms with Gasteiger partial charge in [-0.3, -0.25) is 9.69 Å². The van der Waals surface area contributed by atoms with Crippen LogP contribution in [0.3, 0.4) is 0 Å². The molecule has 0 unspecified atom stereocenters. The molecule has 26 heavy (non-hydrogen) atoms. The molecule has 4 rings (SSSR count). The zero-order valence-corrected chi connectivity index (χ0v) is 14.8. The molecule has 0 radical (unpaired) electrons. The van der Waals surface area contributed by atoms with Crippen LogP contribution in [0, 0.1) is 0 Å². The summed E-state index contributed by atoms with van der Waals surface area (Å²) in [5.74, 6) is 0.898. The number of carbonyl (C=O) groups excluding carboxylic acids is 1. The lowest BCUT2D eigenvalue weighted by atomic mass is 10.0. The highest BCUT2D eigenvalue weighted by atomic mass is 16.5. The summed E-state index contributed by atoms with van der Waals surface area (Å²) in [6.45, 7) is 7.83. The molecule has 6 heteroatoms. The minimum Gasteiger partial charge on any atom is -0.872 e. The third-order valence-corrected chi connectivity index (χ3v) is 5.15. The number of benzene rings is 1. The molecular weight excluding hydrogens is 332 g/mol. The summed E-state index contributed by atoms with van der Waals surface area (Å²) in [6, 6.07) is 6.55. The number of likely N-dealkylation sites (N-methyl/N-ethyl adjacent to an activating group) is 1. The fourth-order valence-electron chi connectivity index (χ4n) is 3.57. The van der Waals surface area contributed by atoms with Gasteiger partial charge in [0.05, 0.1) is 24.9 Å². The van der Waals surface area contributed by atoms with E-state index in [9.17, 15) is 9.90 Å². The molecule has 0 spiro atoms. The number of furan rings is 1. The van der Waals surface area contributed by atoms with Gasteiger partial charge in [-0.25, -0.2) is 0 Å². The van der Waals surface area contributed by atoms with Crippen molar-refractivity contribution in [2.45, 2.75) is 13.5 Å². The van der Waals surface area contributed by atoms with Crippen molar-refractivity contribution in [3.05, 3.63) is 53.2 Å². The highest BCUT2D eigenvalue weighted by Gasteiger charge is 2.31. The van der Waals surface area contributed by atoms with Crippen LogP contribution < -0.4 is 14.7 Å². The Morgan fingerprint density at radius 2 is 2.08 bits per heavy atom. The third kappa shape index (κ3) is 3.13. The number of hydrogen-bond acceptors (Lipinski definition) is 5. The second-order valence-electron chi connectivity index (χ2n) is 6.74. The number of carbonyl (C=O) groups is 1. The first-order valence-corrected chi connectivity index (χ1v) is 9.02. The van der Waals surface area contributed by atoms with Crippen LogP contribution in [0.15, 0.2) is 40.7 Å². The number of ether oxygens (including phenoxy) is 1. The number of fused-ring (bicyclic) bond motifs is 1. The molecule has 0 aliphatic carbocycles. The van der Waals surface area contributed by atoms with Crippen molar-refractivity contribution in [2.75, 3.05) is 32.7 Å². The van der Waals surface area contributed by atoms with Crippen molar-refractivity contribution in [1.29, 1.82) is 0 Å². The average Bonchev–Trinajstić information content (AvgIpc) is 3.27. The summed E-state index contributed by atoms with van der Waals surface area (Å²) in [5.41, 5.74) is 1.06. The largest absolute Gasteiger partial charge is 0.872 e. The van der Waals surface area contributed by atoms with E-state index in [-0.39, 0.29) is 17.3 Å².